The van der Waals surface area contributed by atoms with Gasteiger partial charge in [0.25, 0.3) is 0 Å². The Balaban J connectivity index is 1.80. The quantitative estimate of drug-likeness (QED) is 0.862. The molecule has 2 bridgehead atoms. The van der Waals surface area contributed by atoms with Gasteiger partial charge in [-0.25, -0.2) is 9.97 Å². The Morgan fingerprint density at radius 1 is 1.30 bits per heavy atom. The van der Waals surface area contributed by atoms with E-state index in [9.17, 15) is 13.2 Å². The van der Waals surface area contributed by atoms with E-state index in [-0.39, 0.29) is 23.4 Å². The van der Waals surface area contributed by atoms with Crippen LogP contribution >= 0.6 is 11.6 Å². The number of rotatable bonds is 3. The smallest absolute Gasteiger partial charge is 0.351 e. The summed E-state index contributed by atoms with van der Waals surface area (Å²) in [5, 5.41) is 3.07. The Labute approximate surface area is 119 Å². The number of anilines is 1. The molecule has 1 aromatic rings. The van der Waals surface area contributed by atoms with Gasteiger partial charge in [0.2, 0.25) is 5.95 Å². The molecule has 2 aliphatic carbocycles. The second-order valence-electron chi connectivity index (χ2n) is 5.62. The molecule has 1 N–H and O–H groups in total. The first-order chi connectivity index (χ1) is 9.47. The fourth-order valence-electron chi connectivity index (χ4n) is 3.41. The molecule has 3 atom stereocenters. The van der Waals surface area contributed by atoms with Crippen LogP contribution in [0.5, 0.6) is 0 Å². The summed E-state index contributed by atoms with van der Waals surface area (Å²) in [6.07, 6.45) is 1.23. The summed E-state index contributed by atoms with van der Waals surface area (Å²) in [5.41, 5.74) is -1.02. The highest BCUT2D eigenvalue weighted by atomic mass is 35.5. The molecule has 0 unspecified atom stereocenters. The third kappa shape index (κ3) is 2.57. The van der Waals surface area contributed by atoms with Crippen molar-refractivity contribution in [3.05, 3.63) is 17.5 Å². The Hall–Kier alpha value is -1.04. The zero-order valence-electron chi connectivity index (χ0n) is 10.8. The molecule has 20 heavy (non-hydrogen) atoms. The molecule has 2 fully saturated rings. The maximum atomic E-state index is 12.9. The number of hydrogen-bond donors (Lipinski definition) is 1. The van der Waals surface area contributed by atoms with E-state index in [4.69, 9.17) is 11.6 Å². The lowest BCUT2D eigenvalue weighted by Crippen LogP contribution is -2.27. The number of alkyl halides is 4. The highest BCUT2D eigenvalue weighted by Crippen LogP contribution is 2.45. The molecule has 2 saturated carbocycles. The fraction of sp³-hybridized carbons (Fsp3) is 0.692. The number of nitrogens with zero attached hydrogens (tertiary/aromatic N) is 2. The lowest BCUT2D eigenvalue weighted by atomic mass is 9.95. The van der Waals surface area contributed by atoms with Gasteiger partial charge in [0.1, 0.15) is 0 Å². The van der Waals surface area contributed by atoms with E-state index in [1.54, 1.807) is 0 Å². The minimum absolute atomic E-state index is 0.0590. The Morgan fingerprint density at radius 3 is 2.65 bits per heavy atom. The van der Waals surface area contributed by atoms with Crippen LogP contribution in [0.4, 0.5) is 19.1 Å². The molecule has 7 heteroatoms. The predicted molar refractivity (Wildman–Crippen MR) is 69.4 cm³/mol. The summed E-state index contributed by atoms with van der Waals surface area (Å²) < 4.78 is 38.7. The first kappa shape index (κ1) is 13.9. The summed E-state index contributed by atoms with van der Waals surface area (Å²) in [7, 11) is 0. The average Bonchev–Trinajstić information content (AvgIpc) is 3.00. The molecular formula is C13H15ClF3N3. The summed E-state index contributed by atoms with van der Waals surface area (Å²) in [5.74, 6) is 1.07. The van der Waals surface area contributed by atoms with Crippen molar-refractivity contribution in [2.45, 2.75) is 43.8 Å². The highest BCUT2D eigenvalue weighted by Gasteiger charge is 2.40. The van der Waals surface area contributed by atoms with E-state index in [0.29, 0.717) is 11.8 Å². The van der Waals surface area contributed by atoms with Gasteiger partial charge in [-0.05, 0) is 31.1 Å². The number of hydrogen-bond acceptors (Lipinski definition) is 3. The lowest BCUT2D eigenvalue weighted by molar-refractivity contribution is -0.141. The van der Waals surface area contributed by atoms with E-state index in [2.05, 4.69) is 15.3 Å². The number of nitrogens with one attached hydrogen (secondary N) is 1. The van der Waals surface area contributed by atoms with E-state index in [1.165, 1.54) is 19.0 Å². The molecule has 1 aromatic heterocycles. The van der Waals surface area contributed by atoms with Crippen molar-refractivity contribution < 1.29 is 13.2 Å². The van der Waals surface area contributed by atoms with Crippen LogP contribution in [-0.4, -0.2) is 16.0 Å². The van der Waals surface area contributed by atoms with Gasteiger partial charge in [0.15, 0.2) is 5.69 Å². The number of aromatic nitrogens is 2. The first-order valence-corrected chi connectivity index (χ1v) is 7.26. The number of fused-ring (bicyclic) bond motifs is 2. The van der Waals surface area contributed by atoms with Crippen molar-refractivity contribution in [2.75, 3.05) is 5.32 Å². The number of halogens is 4. The Bertz CT molecular complexity index is 506. The summed E-state index contributed by atoms with van der Waals surface area (Å²) in [6, 6.07) is 0.205. The van der Waals surface area contributed by atoms with Crippen molar-refractivity contribution >= 4 is 17.5 Å². The van der Waals surface area contributed by atoms with Crippen molar-refractivity contribution in [3.8, 4) is 0 Å². The van der Waals surface area contributed by atoms with Gasteiger partial charge in [0, 0.05) is 17.8 Å². The summed E-state index contributed by atoms with van der Waals surface area (Å²) in [4.78, 5) is 7.59. The topological polar surface area (TPSA) is 37.8 Å². The first-order valence-electron chi connectivity index (χ1n) is 6.73. The van der Waals surface area contributed by atoms with Crippen molar-refractivity contribution in [1.29, 1.82) is 0 Å². The molecule has 0 amide bonds. The average molecular weight is 306 g/mol. The minimum atomic E-state index is -4.50. The van der Waals surface area contributed by atoms with Gasteiger partial charge in [-0.3, -0.25) is 0 Å². The van der Waals surface area contributed by atoms with Crippen molar-refractivity contribution in [2.24, 2.45) is 11.8 Å². The van der Waals surface area contributed by atoms with Gasteiger partial charge in [0.05, 0.1) is 5.88 Å². The van der Waals surface area contributed by atoms with Crippen LogP contribution in [0.2, 0.25) is 0 Å². The molecule has 110 valence electrons. The monoisotopic (exact) mass is 305 g/mol. The van der Waals surface area contributed by atoms with Crippen LogP contribution in [-0.2, 0) is 12.1 Å². The third-order valence-electron chi connectivity index (χ3n) is 4.33. The molecule has 0 aromatic carbocycles. The SMILES string of the molecule is FC(F)(F)c1nc(N[C@@H]2C[C@@H]3CC[C@@H]2C3)ncc1CCl. The van der Waals surface area contributed by atoms with Gasteiger partial charge in [-0.1, -0.05) is 6.42 Å². The lowest BCUT2D eigenvalue weighted by Gasteiger charge is -2.23. The van der Waals surface area contributed by atoms with Crippen LogP contribution in [0.3, 0.4) is 0 Å². The van der Waals surface area contributed by atoms with E-state index < -0.39 is 11.9 Å². The van der Waals surface area contributed by atoms with Crippen molar-refractivity contribution in [3.63, 3.8) is 0 Å². The molecule has 0 aliphatic heterocycles. The molecule has 2 aliphatic rings. The van der Waals surface area contributed by atoms with Crippen LogP contribution in [0.1, 0.15) is 36.9 Å². The van der Waals surface area contributed by atoms with Gasteiger partial charge < -0.3 is 5.32 Å². The summed E-state index contributed by atoms with van der Waals surface area (Å²) >= 11 is 5.51. The normalized spacial score (nSPS) is 28.9. The standard InChI is InChI=1S/C13H15ClF3N3/c14-5-9-6-18-12(20-11(9)13(15,16)17)19-10-4-7-1-2-8(10)3-7/h6-8,10H,1-5H2,(H,18,19,20)/t7-,8-,10-/m1/s1. The van der Waals surface area contributed by atoms with Crippen LogP contribution in [0.15, 0.2) is 6.20 Å². The van der Waals surface area contributed by atoms with Gasteiger partial charge in [-0.15, -0.1) is 11.6 Å². The minimum Gasteiger partial charge on any atom is -0.351 e. The molecule has 0 radical (unpaired) electrons. The Morgan fingerprint density at radius 2 is 2.10 bits per heavy atom. The van der Waals surface area contributed by atoms with E-state index in [0.717, 1.165) is 12.8 Å². The van der Waals surface area contributed by atoms with Crippen molar-refractivity contribution in [1.82, 2.24) is 9.97 Å². The largest absolute Gasteiger partial charge is 0.433 e. The second kappa shape index (κ2) is 5.06. The molecule has 0 saturated heterocycles. The maximum absolute atomic E-state index is 12.9. The molecule has 3 nitrogen and oxygen atoms in total. The third-order valence-corrected chi connectivity index (χ3v) is 4.62. The molecule has 0 spiro atoms. The molecular weight excluding hydrogens is 291 g/mol. The van der Waals surface area contributed by atoms with E-state index >= 15 is 0 Å². The Kier molecular flexibility index (Phi) is 3.52. The predicted octanol–water partition coefficient (Wildman–Crippen LogP) is 3.83. The van der Waals surface area contributed by atoms with E-state index in [1.807, 2.05) is 0 Å². The zero-order chi connectivity index (χ0) is 14.3. The molecule has 3 rings (SSSR count). The van der Waals surface area contributed by atoms with Gasteiger partial charge >= 0.3 is 6.18 Å². The zero-order valence-corrected chi connectivity index (χ0v) is 11.5. The fourth-order valence-corrected chi connectivity index (χ4v) is 3.60. The highest BCUT2D eigenvalue weighted by molar-refractivity contribution is 6.17. The summed E-state index contributed by atoms with van der Waals surface area (Å²) in [6.45, 7) is 0. The van der Waals surface area contributed by atoms with Crippen LogP contribution in [0.25, 0.3) is 0 Å². The van der Waals surface area contributed by atoms with Gasteiger partial charge in [-0.2, -0.15) is 13.2 Å². The van der Waals surface area contributed by atoms with Crippen LogP contribution < -0.4 is 5.32 Å². The van der Waals surface area contributed by atoms with Crippen LogP contribution in [0, 0.1) is 11.8 Å². The maximum Gasteiger partial charge on any atom is 0.433 e. The molecule has 1 heterocycles. The second-order valence-corrected chi connectivity index (χ2v) is 5.89.